The predicted molar refractivity (Wildman–Crippen MR) is 171 cm³/mol. The maximum Gasteiger partial charge on any atom is 0.175 e. The SMILES string of the molecule is COc1ccc(NC(=S)Nc2ccc(Cc3ccc(NC(=S)Nc4ccc(OC)cc4)c(C)c3)cc2C)cc1. The fourth-order valence-electron chi connectivity index (χ4n) is 4.11. The van der Waals surface area contributed by atoms with Gasteiger partial charge in [0.05, 0.1) is 14.2 Å². The zero-order valence-corrected chi connectivity index (χ0v) is 24.1. The topological polar surface area (TPSA) is 66.6 Å². The molecule has 0 fully saturated rings. The van der Waals surface area contributed by atoms with Gasteiger partial charge in [0.2, 0.25) is 0 Å². The van der Waals surface area contributed by atoms with Crippen molar-refractivity contribution in [2.75, 3.05) is 35.5 Å². The average Bonchev–Trinajstić information content (AvgIpc) is 2.92. The molecular formula is C31H32N4O2S2. The van der Waals surface area contributed by atoms with Gasteiger partial charge in [-0.15, -0.1) is 0 Å². The van der Waals surface area contributed by atoms with Crippen LogP contribution in [0.25, 0.3) is 0 Å². The molecule has 0 heterocycles. The first kappa shape index (κ1) is 27.9. The van der Waals surface area contributed by atoms with E-state index < -0.39 is 0 Å². The molecule has 0 saturated heterocycles. The first-order valence-corrected chi connectivity index (χ1v) is 13.3. The molecule has 4 aromatic carbocycles. The van der Waals surface area contributed by atoms with Crippen molar-refractivity contribution in [3.8, 4) is 11.5 Å². The summed E-state index contributed by atoms with van der Waals surface area (Å²) in [5.41, 5.74) is 8.43. The Hall–Kier alpha value is -4.14. The second kappa shape index (κ2) is 13.1. The first-order valence-electron chi connectivity index (χ1n) is 12.5. The number of anilines is 4. The van der Waals surface area contributed by atoms with Crippen LogP contribution in [0.1, 0.15) is 22.3 Å². The van der Waals surface area contributed by atoms with E-state index in [-0.39, 0.29) is 0 Å². The van der Waals surface area contributed by atoms with Gasteiger partial charge in [-0.05, 0) is 128 Å². The molecule has 39 heavy (non-hydrogen) atoms. The Bertz CT molecular complexity index is 1340. The van der Waals surface area contributed by atoms with Crippen LogP contribution in [0.15, 0.2) is 84.9 Å². The van der Waals surface area contributed by atoms with Crippen LogP contribution in [-0.4, -0.2) is 24.4 Å². The Labute approximate surface area is 240 Å². The highest BCUT2D eigenvalue weighted by Gasteiger charge is 2.07. The van der Waals surface area contributed by atoms with Crippen molar-refractivity contribution < 1.29 is 9.47 Å². The monoisotopic (exact) mass is 556 g/mol. The van der Waals surface area contributed by atoms with Gasteiger partial charge in [-0.25, -0.2) is 0 Å². The summed E-state index contributed by atoms with van der Waals surface area (Å²) >= 11 is 11.0. The maximum atomic E-state index is 5.50. The number of rotatable bonds is 8. The normalized spacial score (nSPS) is 10.4. The Morgan fingerprint density at radius 1 is 0.564 bits per heavy atom. The quantitative estimate of drug-likeness (QED) is 0.166. The minimum Gasteiger partial charge on any atom is -0.497 e. The van der Waals surface area contributed by atoms with Crippen molar-refractivity contribution >= 4 is 57.4 Å². The molecule has 0 amide bonds. The van der Waals surface area contributed by atoms with E-state index in [1.807, 2.05) is 48.5 Å². The first-order chi connectivity index (χ1) is 18.8. The van der Waals surface area contributed by atoms with Crippen LogP contribution >= 0.6 is 24.4 Å². The molecule has 0 aliphatic carbocycles. The summed E-state index contributed by atoms with van der Waals surface area (Å²) in [6.07, 6.45) is 0.825. The number of ether oxygens (including phenoxy) is 2. The lowest BCUT2D eigenvalue weighted by Crippen LogP contribution is -2.19. The second-order valence-electron chi connectivity index (χ2n) is 9.09. The number of hydrogen-bond acceptors (Lipinski definition) is 4. The molecular weight excluding hydrogens is 525 g/mol. The smallest absolute Gasteiger partial charge is 0.175 e. The van der Waals surface area contributed by atoms with Gasteiger partial charge in [-0.3, -0.25) is 0 Å². The summed E-state index contributed by atoms with van der Waals surface area (Å²) in [7, 11) is 3.29. The molecule has 4 rings (SSSR count). The predicted octanol–water partition coefficient (Wildman–Crippen LogP) is 7.53. The summed E-state index contributed by atoms with van der Waals surface area (Å²) in [6, 6.07) is 28.0. The average molecular weight is 557 g/mol. The summed E-state index contributed by atoms with van der Waals surface area (Å²) in [5.74, 6) is 1.61. The van der Waals surface area contributed by atoms with Crippen LogP contribution in [0.2, 0.25) is 0 Å². The van der Waals surface area contributed by atoms with Crippen LogP contribution < -0.4 is 30.7 Å². The summed E-state index contributed by atoms with van der Waals surface area (Å²) in [6.45, 7) is 4.16. The van der Waals surface area contributed by atoms with Crippen LogP contribution in [0.4, 0.5) is 22.7 Å². The largest absolute Gasteiger partial charge is 0.497 e. The third-order valence-corrected chi connectivity index (χ3v) is 6.59. The molecule has 0 saturated carbocycles. The lowest BCUT2D eigenvalue weighted by molar-refractivity contribution is 0.415. The number of benzene rings is 4. The van der Waals surface area contributed by atoms with Crippen LogP contribution in [0, 0.1) is 13.8 Å². The van der Waals surface area contributed by atoms with E-state index >= 15 is 0 Å². The summed E-state index contributed by atoms with van der Waals surface area (Å²) in [5, 5.41) is 14.1. The molecule has 0 bridgehead atoms. The number of nitrogens with one attached hydrogen (secondary N) is 4. The van der Waals surface area contributed by atoms with Crippen molar-refractivity contribution in [3.63, 3.8) is 0 Å². The molecule has 8 heteroatoms. The van der Waals surface area contributed by atoms with E-state index in [1.165, 1.54) is 11.1 Å². The minimum absolute atomic E-state index is 0.536. The molecule has 200 valence electrons. The highest BCUT2D eigenvalue weighted by Crippen LogP contribution is 2.23. The van der Waals surface area contributed by atoms with E-state index in [2.05, 4.69) is 71.5 Å². The van der Waals surface area contributed by atoms with Crippen LogP contribution in [0.3, 0.4) is 0 Å². The molecule has 0 atom stereocenters. The second-order valence-corrected chi connectivity index (χ2v) is 9.91. The molecule has 0 aliphatic rings. The number of aryl methyl sites for hydroxylation is 2. The molecule has 0 aromatic heterocycles. The van der Waals surface area contributed by atoms with E-state index in [1.54, 1.807) is 14.2 Å². The van der Waals surface area contributed by atoms with Gasteiger partial charge >= 0.3 is 0 Å². The van der Waals surface area contributed by atoms with Crippen LogP contribution in [-0.2, 0) is 6.42 Å². The summed E-state index contributed by atoms with van der Waals surface area (Å²) in [4.78, 5) is 0. The van der Waals surface area contributed by atoms with Gasteiger partial charge in [0, 0.05) is 22.7 Å². The Kier molecular flexibility index (Phi) is 9.35. The lowest BCUT2D eigenvalue weighted by Gasteiger charge is -2.15. The highest BCUT2D eigenvalue weighted by molar-refractivity contribution is 7.81. The van der Waals surface area contributed by atoms with Gasteiger partial charge < -0.3 is 30.7 Å². The van der Waals surface area contributed by atoms with Crippen molar-refractivity contribution in [2.45, 2.75) is 20.3 Å². The third-order valence-electron chi connectivity index (χ3n) is 6.18. The lowest BCUT2D eigenvalue weighted by atomic mass is 10.00. The Morgan fingerprint density at radius 2 is 0.949 bits per heavy atom. The zero-order valence-electron chi connectivity index (χ0n) is 22.4. The van der Waals surface area contributed by atoms with Crippen molar-refractivity contribution in [1.82, 2.24) is 0 Å². The van der Waals surface area contributed by atoms with E-state index in [4.69, 9.17) is 33.9 Å². The molecule has 4 N–H and O–H groups in total. The van der Waals surface area contributed by atoms with Crippen molar-refractivity contribution in [1.29, 1.82) is 0 Å². The summed E-state index contributed by atoms with van der Waals surface area (Å²) < 4.78 is 10.4. The molecule has 0 unspecified atom stereocenters. The Morgan fingerprint density at radius 3 is 1.28 bits per heavy atom. The minimum atomic E-state index is 0.536. The molecule has 0 aliphatic heterocycles. The van der Waals surface area contributed by atoms with Crippen molar-refractivity contribution in [2.24, 2.45) is 0 Å². The Balaban J connectivity index is 1.33. The standard InChI is InChI=1S/C31H32N4O2S2/c1-20-17-22(5-15-28(20)34-30(38)32-24-7-11-26(36-3)12-8-24)19-23-6-16-29(21(2)18-23)35-31(39)33-25-9-13-27(37-4)14-10-25/h5-18H,19H2,1-4H3,(H2,32,34,38)(H2,33,35,39). The van der Waals surface area contributed by atoms with E-state index in [0.29, 0.717) is 10.2 Å². The van der Waals surface area contributed by atoms with Crippen LogP contribution in [0.5, 0.6) is 11.5 Å². The fourth-order valence-corrected chi connectivity index (χ4v) is 4.56. The van der Waals surface area contributed by atoms with Gasteiger partial charge in [0.15, 0.2) is 10.2 Å². The van der Waals surface area contributed by atoms with Crippen molar-refractivity contribution in [3.05, 3.63) is 107 Å². The molecule has 6 nitrogen and oxygen atoms in total. The number of hydrogen-bond donors (Lipinski definition) is 4. The van der Waals surface area contributed by atoms with Gasteiger partial charge in [-0.1, -0.05) is 24.3 Å². The van der Waals surface area contributed by atoms with E-state index in [0.717, 1.165) is 51.8 Å². The molecule has 0 spiro atoms. The third kappa shape index (κ3) is 7.92. The molecule has 0 radical (unpaired) electrons. The number of thiocarbonyl (C=S) groups is 2. The molecule has 4 aromatic rings. The van der Waals surface area contributed by atoms with Gasteiger partial charge in [0.25, 0.3) is 0 Å². The highest BCUT2D eigenvalue weighted by atomic mass is 32.1. The zero-order chi connectivity index (χ0) is 27.8. The van der Waals surface area contributed by atoms with Gasteiger partial charge in [-0.2, -0.15) is 0 Å². The van der Waals surface area contributed by atoms with E-state index in [9.17, 15) is 0 Å². The number of methoxy groups -OCH3 is 2. The fraction of sp³-hybridized carbons (Fsp3) is 0.161. The van der Waals surface area contributed by atoms with Gasteiger partial charge in [0.1, 0.15) is 11.5 Å². The maximum absolute atomic E-state index is 5.50.